The van der Waals surface area contributed by atoms with Crippen molar-refractivity contribution in [3.05, 3.63) is 41.4 Å². The van der Waals surface area contributed by atoms with Gasteiger partial charge in [-0.2, -0.15) is 0 Å². The van der Waals surface area contributed by atoms with Crippen molar-refractivity contribution in [1.29, 1.82) is 0 Å². The lowest BCUT2D eigenvalue weighted by atomic mass is 10.2. The van der Waals surface area contributed by atoms with Crippen LogP contribution in [0.15, 0.2) is 35.7 Å². The zero-order valence-electron chi connectivity index (χ0n) is 14.2. The number of carbonyl (C=O) groups is 2. The second kappa shape index (κ2) is 7.92. The smallest absolute Gasteiger partial charge is 0.325 e. The summed E-state index contributed by atoms with van der Waals surface area (Å²) in [5.74, 6) is -0.132. The summed E-state index contributed by atoms with van der Waals surface area (Å²) >= 11 is 1.23. The summed E-state index contributed by atoms with van der Waals surface area (Å²) in [6.45, 7) is 7.88. The first-order valence-corrected chi connectivity index (χ1v) is 8.67. The molecular weight excluding hydrogens is 324 g/mol. The minimum atomic E-state index is -0.390. The van der Waals surface area contributed by atoms with Gasteiger partial charge in [0.2, 0.25) is 0 Å². The molecule has 0 saturated carbocycles. The molecule has 0 bridgehead atoms. The number of amides is 3. The van der Waals surface area contributed by atoms with E-state index in [-0.39, 0.29) is 24.0 Å². The van der Waals surface area contributed by atoms with E-state index in [0.717, 1.165) is 0 Å². The molecule has 0 spiro atoms. The van der Waals surface area contributed by atoms with Crippen molar-refractivity contribution in [2.24, 2.45) is 0 Å². The number of urea groups is 1. The lowest BCUT2D eigenvalue weighted by molar-refractivity contribution is 0.0638. The van der Waals surface area contributed by atoms with E-state index < -0.39 is 0 Å². The summed E-state index contributed by atoms with van der Waals surface area (Å²) in [7, 11) is 0. The summed E-state index contributed by atoms with van der Waals surface area (Å²) in [4.78, 5) is 30.5. The summed E-state index contributed by atoms with van der Waals surface area (Å²) in [6.07, 6.45) is 0. The van der Waals surface area contributed by atoms with Crippen LogP contribution in [0, 0.1) is 0 Å². The Kier molecular flexibility index (Phi) is 5.92. The normalized spacial score (nSPS) is 10.8. The monoisotopic (exact) mass is 346 g/mol. The first kappa shape index (κ1) is 17.9. The lowest BCUT2D eigenvalue weighted by Crippen LogP contribution is -2.42. The lowest BCUT2D eigenvalue weighted by Gasteiger charge is -2.30. The topological polar surface area (TPSA) is 74.3 Å². The van der Waals surface area contributed by atoms with Crippen molar-refractivity contribution >= 4 is 34.1 Å². The quantitative estimate of drug-likeness (QED) is 0.858. The molecule has 0 radical (unpaired) electrons. The van der Waals surface area contributed by atoms with Crippen LogP contribution in [0.25, 0.3) is 0 Å². The molecule has 3 amide bonds. The van der Waals surface area contributed by atoms with Crippen LogP contribution < -0.4 is 10.6 Å². The van der Waals surface area contributed by atoms with E-state index in [9.17, 15) is 9.59 Å². The molecular formula is C17H22N4O2S. The van der Waals surface area contributed by atoms with Crippen molar-refractivity contribution in [1.82, 2.24) is 9.88 Å². The first-order valence-electron chi connectivity index (χ1n) is 7.79. The predicted molar refractivity (Wildman–Crippen MR) is 97.6 cm³/mol. The van der Waals surface area contributed by atoms with Gasteiger partial charge < -0.3 is 10.2 Å². The molecule has 128 valence electrons. The van der Waals surface area contributed by atoms with Gasteiger partial charge in [-0.3, -0.25) is 10.1 Å². The van der Waals surface area contributed by atoms with Gasteiger partial charge in [-0.1, -0.05) is 18.2 Å². The third kappa shape index (κ3) is 4.55. The molecule has 2 aromatic rings. The summed E-state index contributed by atoms with van der Waals surface area (Å²) in [5.41, 5.74) is 1.03. The van der Waals surface area contributed by atoms with E-state index in [1.54, 1.807) is 22.4 Å². The van der Waals surface area contributed by atoms with Crippen LogP contribution in [0.4, 0.5) is 15.6 Å². The van der Waals surface area contributed by atoms with Crippen LogP contribution in [-0.2, 0) is 0 Å². The molecule has 0 aliphatic heterocycles. The molecule has 24 heavy (non-hydrogen) atoms. The van der Waals surface area contributed by atoms with Crippen LogP contribution in [-0.4, -0.2) is 33.9 Å². The van der Waals surface area contributed by atoms with Crippen LogP contribution >= 0.6 is 11.3 Å². The van der Waals surface area contributed by atoms with E-state index in [2.05, 4.69) is 15.6 Å². The van der Waals surface area contributed by atoms with Gasteiger partial charge >= 0.3 is 6.03 Å². The second-order valence-corrected chi connectivity index (χ2v) is 6.74. The number of carbonyl (C=O) groups excluding carboxylic acids is 2. The van der Waals surface area contributed by atoms with Crippen LogP contribution in [0.5, 0.6) is 0 Å². The van der Waals surface area contributed by atoms with Crippen molar-refractivity contribution in [3.8, 4) is 0 Å². The number of nitrogens with one attached hydrogen (secondary N) is 2. The van der Waals surface area contributed by atoms with Gasteiger partial charge in [-0.15, -0.1) is 11.3 Å². The summed E-state index contributed by atoms with van der Waals surface area (Å²) in [5, 5.41) is 7.41. The standard InChI is InChI=1S/C17H22N4O2S/c1-11(2)21(12(3)4)15(22)14-10-24-17(19-14)20-16(23)18-13-8-6-5-7-9-13/h5-12H,1-4H3,(H2,18,19,20,23). The van der Waals surface area contributed by atoms with Crippen molar-refractivity contribution < 1.29 is 9.59 Å². The molecule has 0 atom stereocenters. The minimum Gasteiger partial charge on any atom is -0.332 e. The third-order valence-corrected chi connectivity index (χ3v) is 4.08. The predicted octanol–water partition coefficient (Wildman–Crippen LogP) is 4.05. The first-order chi connectivity index (χ1) is 11.4. The van der Waals surface area contributed by atoms with Crippen LogP contribution in [0.3, 0.4) is 0 Å². The molecule has 0 fully saturated rings. The van der Waals surface area contributed by atoms with Crippen molar-refractivity contribution in [3.63, 3.8) is 0 Å². The maximum absolute atomic E-state index is 12.6. The van der Waals surface area contributed by atoms with Gasteiger partial charge in [-0.25, -0.2) is 9.78 Å². The van der Waals surface area contributed by atoms with Gasteiger partial charge in [0.15, 0.2) is 5.13 Å². The van der Waals surface area contributed by atoms with Crippen LogP contribution in [0.1, 0.15) is 38.2 Å². The number of nitrogens with zero attached hydrogens (tertiary/aromatic N) is 2. The zero-order valence-corrected chi connectivity index (χ0v) is 15.1. The highest BCUT2D eigenvalue weighted by atomic mass is 32.1. The molecule has 0 aliphatic rings. The highest BCUT2D eigenvalue weighted by molar-refractivity contribution is 7.14. The van der Waals surface area contributed by atoms with E-state index in [1.165, 1.54) is 11.3 Å². The molecule has 0 aliphatic carbocycles. The SMILES string of the molecule is CC(C)N(C(=O)c1csc(NC(=O)Nc2ccccc2)n1)C(C)C. The van der Waals surface area contributed by atoms with Crippen molar-refractivity contribution in [2.45, 2.75) is 39.8 Å². The number of benzene rings is 1. The Balaban J connectivity index is 2.02. The fourth-order valence-corrected chi connectivity index (χ4v) is 3.09. The molecule has 0 saturated heterocycles. The minimum absolute atomic E-state index is 0.0805. The third-order valence-electron chi connectivity index (χ3n) is 3.32. The molecule has 7 heteroatoms. The Morgan fingerprint density at radius 3 is 2.25 bits per heavy atom. The Labute approximate surface area is 145 Å². The van der Waals surface area contributed by atoms with Crippen molar-refractivity contribution in [2.75, 3.05) is 10.6 Å². The number of para-hydroxylation sites is 1. The Hall–Kier alpha value is -2.41. The van der Waals surface area contributed by atoms with E-state index >= 15 is 0 Å². The fraction of sp³-hybridized carbons (Fsp3) is 0.353. The Morgan fingerprint density at radius 1 is 1.04 bits per heavy atom. The van der Waals surface area contributed by atoms with E-state index in [0.29, 0.717) is 16.5 Å². The molecule has 1 aromatic carbocycles. The van der Waals surface area contributed by atoms with Crippen LogP contribution in [0.2, 0.25) is 0 Å². The largest absolute Gasteiger partial charge is 0.332 e. The number of hydrogen-bond donors (Lipinski definition) is 2. The van der Waals surface area contributed by atoms with E-state index in [4.69, 9.17) is 0 Å². The average molecular weight is 346 g/mol. The highest BCUT2D eigenvalue weighted by Crippen LogP contribution is 2.19. The van der Waals surface area contributed by atoms with Gasteiger partial charge in [0.25, 0.3) is 5.91 Å². The number of anilines is 2. The van der Waals surface area contributed by atoms with Gasteiger partial charge in [0.1, 0.15) is 5.69 Å². The Morgan fingerprint density at radius 2 is 1.67 bits per heavy atom. The van der Waals surface area contributed by atoms with Gasteiger partial charge in [0.05, 0.1) is 0 Å². The molecule has 0 unspecified atom stereocenters. The number of thiazole rings is 1. The molecule has 1 heterocycles. The second-order valence-electron chi connectivity index (χ2n) is 5.88. The molecule has 2 rings (SSSR count). The highest BCUT2D eigenvalue weighted by Gasteiger charge is 2.23. The average Bonchev–Trinajstić information content (AvgIpc) is 2.95. The number of hydrogen-bond acceptors (Lipinski definition) is 4. The maximum Gasteiger partial charge on any atom is 0.325 e. The number of aromatic nitrogens is 1. The summed E-state index contributed by atoms with van der Waals surface area (Å²) < 4.78 is 0. The molecule has 2 N–H and O–H groups in total. The van der Waals surface area contributed by atoms with Gasteiger partial charge in [0, 0.05) is 23.2 Å². The summed E-state index contributed by atoms with van der Waals surface area (Å²) in [6, 6.07) is 8.90. The molecule has 6 nitrogen and oxygen atoms in total. The fourth-order valence-electron chi connectivity index (χ4n) is 2.41. The zero-order chi connectivity index (χ0) is 17.7. The number of rotatable bonds is 5. The maximum atomic E-state index is 12.6. The molecule has 1 aromatic heterocycles. The van der Waals surface area contributed by atoms with Gasteiger partial charge in [-0.05, 0) is 39.8 Å². The Bertz CT molecular complexity index is 690. The van der Waals surface area contributed by atoms with E-state index in [1.807, 2.05) is 45.9 Å².